The number of sulfone groups is 1. The third-order valence-corrected chi connectivity index (χ3v) is 5.51. The molecule has 1 atom stereocenters. The number of hydrogen-bond acceptors (Lipinski definition) is 6. The monoisotopic (exact) mass is 387 g/mol. The lowest BCUT2D eigenvalue weighted by Crippen LogP contribution is -2.28. The van der Waals surface area contributed by atoms with Gasteiger partial charge in [-0.15, -0.1) is 11.3 Å². The van der Waals surface area contributed by atoms with Crippen LogP contribution in [0, 0.1) is 5.82 Å². The number of aromatic nitrogens is 1. The number of nitrogens with zero attached hydrogens (tertiary/aromatic N) is 1. The third kappa shape index (κ3) is 6.77. The number of halogens is 1. The number of anilines is 1. The Morgan fingerprint density at radius 3 is 2.88 bits per heavy atom. The van der Waals surface area contributed by atoms with E-state index in [1.165, 1.54) is 24.4 Å². The van der Waals surface area contributed by atoms with Crippen molar-refractivity contribution in [2.75, 3.05) is 11.1 Å². The van der Waals surface area contributed by atoms with Crippen LogP contribution in [0.15, 0.2) is 29.6 Å². The summed E-state index contributed by atoms with van der Waals surface area (Å²) in [5.74, 6) is -1.04. The van der Waals surface area contributed by atoms with Gasteiger partial charge in [0.15, 0.2) is 15.0 Å². The van der Waals surface area contributed by atoms with E-state index in [0.29, 0.717) is 11.3 Å². The highest BCUT2D eigenvalue weighted by atomic mass is 32.2. The third-order valence-electron chi connectivity index (χ3n) is 2.98. The van der Waals surface area contributed by atoms with E-state index in [0.717, 1.165) is 11.3 Å². The van der Waals surface area contributed by atoms with Gasteiger partial charge in [0.05, 0.1) is 23.3 Å². The van der Waals surface area contributed by atoms with E-state index >= 15 is 0 Å². The number of carbonyl (C=O) groups is 1. The predicted molar refractivity (Wildman–Crippen MR) is 93.5 cm³/mol. The Morgan fingerprint density at radius 2 is 2.20 bits per heavy atom. The number of urea groups is 1. The van der Waals surface area contributed by atoms with Gasteiger partial charge < -0.3 is 10.4 Å². The van der Waals surface area contributed by atoms with Crippen molar-refractivity contribution in [2.24, 2.45) is 0 Å². The second-order valence-corrected chi connectivity index (χ2v) is 8.45. The molecule has 2 aromatic rings. The summed E-state index contributed by atoms with van der Waals surface area (Å²) in [5, 5.41) is 16.0. The molecule has 3 N–H and O–H groups in total. The fourth-order valence-corrected chi connectivity index (χ4v) is 4.32. The first-order chi connectivity index (χ1) is 11.7. The molecule has 0 saturated carbocycles. The Balaban J connectivity index is 1.87. The molecular formula is C15H18FN3O4S2. The van der Waals surface area contributed by atoms with Crippen molar-refractivity contribution < 1.29 is 22.7 Å². The summed E-state index contributed by atoms with van der Waals surface area (Å²) in [6.07, 6.45) is -0.949. The van der Waals surface area contributed by atoms with Gasteiger partial charge in [-0.2, -0.15) is 0 Å². The van der Waals surface area contributed by atoms with E-state index in [1.54, 1.807) is 12.1 Å². The van der Waals surface area contributed by atoms with E-state index in [2.05, 4.69) is 15.6 Å². The van der Waals surface area contributed by atoms with E-state index in [-0.39, 0.29) is 29.0 Å². The zero-order valence-electron chi connectivity index (χ0n) is 13.4. The number of benzene rings is 1. The molecule has 1 heterocycles. The molecule has 1 aromatic carbocycles. The standard InChI is InChI=1S/C15H18FN3O4S2/c1-10(20)8-25(22,23)9-13-7-24-15(18-13)19-14(21)17-6-11-3-2-4-12(16)5-11/h2-5,7,10,20H,6,8-9H2,1H3,(H2,17,18,19,21). The maximum Gasteiger partial charge on any atom is 0.321 e. The molecule has 25 heavy (non-hydrogen) atoms. The maximum absolute atomic E-state index is 13.1. The Kier molecular flexibility index (Phi) is 6.45. The molecule has 0 aliphatic rings. The Morgan fingerprint density at radius 1 is 1.44 bits per heavy atom. The average Bonchev–Trinajstić information content (AvgIpc) is 2.90. The van der Waals surface area contributed by atoms with Crippen LogP contribution in [-0.2, 0) is 22.1 Å². The number of carbonyl (C=O) groups excluding carboxylic acids is 1. The number of hydrogen-bond donors (Lipinski definition) is 3. The molecule has 1 aromatic heterocycles. The molecule has 7 nitrogen and oxygen atoms in total. The van der Waals surface area contributed by atoms with Crippen LogP contribution >= 0.6 is 11.3 Å². The van der Waals surface area contributed by atoms with Gasteiger partial charge in [0, 0.05) is 11.9 Å². The Hall–Kier alpha value is -2.04. The fourth-order valence-electron chi connectivity index (χ4n) is 2.05. The van der Waals surface area contributed by atoms with Gasteiger partial charge in [0.2, 0.25) is 0 Å². The van der Waals surface area contributed by atoms with Crippen LogP contribution in [0.25, 0.3) is 0 Å². The van der Waals surface area contributed by atoms with Gasteiger partial charge in [-0.3, -0.25) is 5.32 Å². The highest BCUT2D eigenvalue weighted by Gasteiger charge is 2.17. The number of rotatable bonds is 7. The van der Waals surface area contributed by atoms with Crippen LogP contribution in [0.4, 0.5) is 14.3 Å². The van der Waals surface area contributed by atoms with Crippen LogP contribution in [-0.4, -0.2) is 36.4 Å². The molecule has 136 valence electrons. The van der Waals surface area contributed by atoms with E-state index in [9.17, 15) is 22.7 Å². The molecule has 0 aliphatic carbocycles. The SMILES string of the molecule is CC(O)CS(=O)(=O)Cc1csc(NC(=O)NCc2cccc(F)c2)n1. The molecule has 0 bridgehead atoms. The summed E-state index contributed by atoms with van der Waals surface area (Å²) in [5.41, 5.74) is 0.908. The topological polar surface area (TPSA) is 108 Å². The highest BCUT2D eigenvalue weighted by molar-refractivity contribution is 7.90. The lowest BCUT2D eigenvalue weighted by molar-refractivity contribution is 0.218. The van der Waals surface area contributed by atoms with Crippen molar-refractivity contribution >= 4 is 32.3 Å². The second-order valence-electron chi connectivity index (χ2n) is 5.49. The number of amides is 2. The van der Waals surface area contributed by atoms with Crippen LogP contribution in [0.2, 0.25) is 0 Å². The average molecular weight is 387 g/mol. The number of thiazole rings is 1. The molecule has 0 aliphatic heterocycles. The second kappa shape index (κ2) is 8.37. The molecule has 2 rings (SSSR count). The fraction of sp³-hybridized carbons (Fsp3) is 0.333. The zero-order valence-corrected chi connectivity index (χ0v) is 15.0. The Labute approximate surface area is 148 Å². The number of aliphatic hydroxyl groups excluding tert-OH is 1. The van der Waals surface area contributed by atoms with Crippen molar-refractivity contribution in [3.05, 3.63) is 46.7 Å². The lowest BCUT2D eigenvalue weighted by Gasteiger charge is -2.06. The Bertz CT molecular complexity index is 837. The van der Waals surface area contributed by atoms with Crippen LogP contribution in [0.1, 0.15) is 18.2 Å². The first kappa shape index (κ1) is 19.3. The van der Waals surface area contributed by atoms with Crippen molar-refractivity contribution in [1.29, 1.82) is 0 Å². The minimum absolute atomic E-state index is 0.143. The quantitative estimate of drug-likeness (QED) is 0.672. The highest BCUT2D eigenvalue weighted by Crippen LogP contribution is 2.17. The van der Waals surface area contributed by atoms with Gasteiger partial charge in [-0.25, -0.2) is 22.6 Å². The number of nitrogens with one attached hydrogen (secondary N) is 2. The van der Waals surface area contributed by atoms with Gasteiger partial charge in [0.1, 0.15) is 5.82 Å². The van der Waals surface area contributed by atoms with E-state index in [4.69, 9.17) is 0 Å². The van der Waals surface area contributed by atoms with Crippen LogP contribution < -0.4 is 10.6 Å². The van der Waals surface area contributed by atoms with Gasteiger partial charge in [0.25, 0.3) is 0 Å². The molecule has 0 spiro atoms. The van der Waals surface area contributed by atoms with Gasteiger partial charge in [-0.05, 0) is 24.6 Å². The molecule has 0 saturated heterocycles. The van der Waals surface area contributed by atoms with Crippen molar-refractivity contribution in [3.8, 4) is 0 Å². The van der Waals surface area contributed by atoms with Crippen molar-refractivity contribution in [1.82, 2.24) is 10.3 Å². The smallest absolute Gasteiger partial charge is 0.321 e. The van der Waals surface area contributed by atoms with Crippen LogP contribution in [0.5, 0.6) is 0 Å². The first-order valence-corrected chi connectivity index (χ1v) is 10.1. The lowest BCUT2D eigenvalue weighted by atomic mass is 10.2. The molecule has 2 amide bonds. The molecule has 0 radical (unpaired) electrons. The van der Waals surface area contributed by atoms with Crippen molar-refractivity contribution in [2.45, 2.75) is 25.3 Å². The largest absolute Gasteiger partial charge is 0.392 e. The van der Waals surface area contributed by atoms with E-state index in [1.807, 2.05) is 0 Å². The summed E-state index contributed by atoms with van der Waals surface area (Å²) in [7, 11) is -3.47. The summed E-state index contributed by atoms with van der Waals surface area (Å²) in [6, 6.07) is 5.32. The predicted octanol–water partition coefficient (Wildman–Crippen LogP) is 1.90. The molecular weight excluding hydrogens is 369 g/mol. The van der Waals surface area contributed by atoms with E-state index < -0.39 is 22.0 Å². The summed E-state index contributed by atoms with van der Waals surface area (Å²) < 4.78 is 36.7. The molecule has 1 unspecified atom stereocenters. The zero-order chi connectivity index (χ0) is 18.4. The van der Waals surface area contributed by atoms with Gasteiger partial charge in [-0.1, -0.05) is 12.1 Å². The van der Waals surface area contributed by atoms with Gasteiger partial charge >= 0.3 is 6.03 Å². The van der Waals surface area contributed by atoms with Crippen molar-refractivity contribution in [3.63, 3.8) is 0 Å². The minimum atomic E-state index is -3.47. The molecule has 0 fully saturated rings. The van der Waals surface area contributed by atoms with Crippen LogP contribution in [0.3, 0.4) is 0 Å². The summed E-state index contributed by atoms with van der Waals surface area (Å²) in [6.45, 7) is 1.54. The summed E-state index contributed by atoms with van der Waals surface area (Å²) >= 11 is 1.09. The first-order valence-electron chi connectivity index (χ1n) is 7.36. The maximum atomic E-state index is 13.1. The molecule has 10 heteroatoms. The minimum Gasteiger partial charge on any atom is -0.392 e. The number of aliphatic hydroxyl groups is 1. The summed E-state index contributed by atoms with van der Waals surface area (Å²) in [4.78, 5) is 15.8. The normalized spacial score (nSPS) is 12.6.